The molecule has 1 aliphatic heterocycles. The molecule has 0 unspecified atom stereocenters. The van der Waals surface area contributed by atoms with Crippen molar-refractivity contribution in [1.82, 2.24) is 4.31 Å². The van der Waals surface area contributed by atoms with Crippen LogP contribution in [0.2, 0.25) is 25.7 Å². The Labute approximate surface area is 220 Å². The minimum atomic E-state index is -4.02. The van der Waals surface area contributed by atoms with Crippen LogP contribution >= 0.6 is 0 Å². The van der Waals surface area contributed by atoms with E-state index in [1.165, 1.54) is 0 Å². The molecule has 7 nitrogen and oxygen atoms in total. The summed E-state index contributed by atoms with van der Waals surface area (Å²) in [6, 6.07) is 21.1. The lowest BCUT2D eigenvalue weighted by atomic mass is 10.0. The van der Waals surface area contributed by atoms with Crippen molar-refractivity contribution in [2.24, 2.45) is 0 Å². The summed E-state index contributed by atoms with van der Waals surface area (Å²) < 4.78 is 35.2. The number of carbonyl (C=O) groups excluding carboxylic acids is 1. The molecule has 0 bridgehead atoms. The summed E-state index contributed by atoms with van der Waals surface area (Å²) in [5.74, 6) is 0.144. The molecular weight excluding hydrogens is 504 g/mol. The Hall–Kier alpha value is -3.30. The summed E-state index contributed by atoms with van der Waals surface area (Å²) >= 11 is 0. The highest BCUT2D eigenvalue weighted by Crippen LogP contribution is 2.37. The van der Waals surface area contributed by atoms with Gasteiger partial charge in [-0.25, -0.2) is 8.61 Å². The molecule has 1 aliphatic rings. The highest BCUT2D eigenvalue weighted by molar-refractivity contribution is 7.91. The van der Waals surface area contributed by atoms with Crippen LogP contribution in [0.3, 0.4) is 0 Å². The van der Waals surface area contributed by atoms with E-state index in [0.29, 0.717) is 23.9 Å². The van der Waals surface area contributed by atoms with E-state index in [1.807, 2.05) is 55.5 Å². The maximum atomic E-state index is 13.5. The third kappa shape index (κ3) is 6.34. The number of ether oxygens (including phenoxy) is 1. The lowest BCUT2D eigenvalue weighted by Crippen LogP contribution is -2.37. The fourth-order valence-electron chi connectivity index (χ4n) is 4.22. The van der Waals surface area contributed by atoms with E-state index in [2.05, 4.69) is 19.6 Å². The molecule has 1 fully saturated rings. The molecule has 0 saturated carbocycles. The Bertz CT molecular complexity index is 1390. The zero-order valence-corrected chi connectivity index (χ0v) is 23.6. The quantitative estimate of drug-likeness (QED) is 0.383. The summed E-state index contributed by atoms with van der Waals surface area (Å²) in [6.45, 7) is 8.60. The van der Waals surface area contributed by atoms with Gasteiger partial charge in [-0.2, -0.15) is 8.42 Å². The van der Waals surface area contributed by atoms with E-state index < -0.39 is 24.2 Å². The molecule has 4 rings (SSSR count). The first-order chi connectivity index (χ1) is 17.4. The number of anilines is 1. The molecule has 3 aromatic carbocycles. The molecule has 0 aromatic heterocycles. The minimum Gasteiger partial charge on any atom is -0.508 e. The number of phenolic OH excluding ortho intramolecular Hbond substituents is 1. The number of aromatic hydroxyl groups is 1. The van der Waals surface area contributed by atoms with Gasteiger partial charge >= 0.3 is 10.2 Å². The van der Waals surface area contributed by atoms with Crippen molar-refractivity contribution in [3.05, 3.63) is 89.0 Å². The summed E-state index contributed by atoms with van der Waals surface area (Å²) in [6.07, 6.45) is 0.448. The van der Waals surface area contributed by atoms with E-state index in [9.17, 15) is 18.3 Å². The molecule has 0 radical (unpaired) electrons. The van der Waals surface area contributed by atoms with Gasteiger partial charge < -0.3 is 9.84 Å². The number of hydrogen-bond acceptors (Lipinski definition) is 5. The summed E-state index contributed by atoms with van der Waals surface area (Å²) in [7, 11) is -5.58. The van der Waals surface area contributed by atoms with Crippen molar-refractivity contribution < 1.29 is 23.1 Å². The molecule has 0 atom stereocenters. The summed E-state index contributed by atoms with van der Waals surface area (Å²) in [4.78, 5) is 12.8. The third-order valence-electron chi connectivity index (χ3n) is 6.34. The van der Waals surface area contributed by atoms with Gasteiger partial charge in [-0.15, -0.1) is 0 Å². The Morgan fingerprint density at radius 1 is 0.973 bits per heavy atom. The normalized spacial score (nSPS) is 15.3. The Balaban J connectivity index is 1.67. The SMILES string of the molecule is Cc1ccc(O)c(Cc2ccc(N3CC(=O)N(CC[Si](C)(C)C)S3(=O)=O)c(OCc3ccccc3)c2)c1. The van der Waals surface area contributed by atoms with Crippen LogP contribution in [-0.2, 0) is 28.0 Å². The molecule has 0 spiro atoms. The average Bonchev–Trinajstić information content (AvgIpc) is 3.06. The summed E-state index contributed by atoms with van der Waals surface area (Å²) in [5.41, 5.74) is 3.92. The molecule has 3 aromatic rings. The van der Waals surface area contributed by atoms with Gasteiger partial charge in [0.25, 0.3) is 5.91 Å². The number of carbonyl (C=O) groups is 1. The molecular formula is C28H34N2O5SSi. The maximum absolute atomic E-state index is 13.5. The van der Waals surface area contributed by atoms with Crippen molar-refractivity contribution in [1.29, 1.82) is 0 Å². The van der Waals surface area contributed by atoms with E-state index in [4.69, 9.17) is 4.74 Å². The third-order valence-corrected chi connectivity index (χ3v) is 9.89. The highest BCUT2D eigenvalue weighted by Gasteiger charge is 2.43. The number of aryl methyl sites for hydroxylation is 1. The second-order valence-electron chi connectivity index (χ2n) is 10.7. The van der Waals surface area contributed by atoms with Crippen LogP contribution in [0, 0.1) is 6.92 Å². The van der Waals surface area contributed by atoms with Gasteiger partial charge in [0.2, 0.25) is 0 Å². The van der Waals surface area contributed by atoms with Crippen molar-refractivity contribution >= 4 is 29.9 Å². The number of phenols is 1. The van der Waals surface area contributed by atoms with Crippen molar-refractivity contribution in [3.8, 4) is 11.5 Å². The van der Waals surface area contributed by atoms with Gasteiger partial charge in [-0.1, -0.05) is 73.7 Å². The summed E-state index contributed by atoms with van der Waals surface area (Å²) in [5, 5.41) is 10.3. The molecule has 0 aliphatic carbocycles. The van der Waals surface area contributed by atoms with Gasteiger partial charge in [0.05, 0.1) is 5.69 Å². The second-order valence-corrected chi connectivity index (χ2v) is 18.1. The molecule has 37 heavy (non-hydrogen) atoms. The van der Waals surface area contributed by atoms with Crippen LogP contribution in [0.1, 0.15) is 22.3 Å². The fourth-order valence-corrected chi connectivity index (χ4v) is 6.82. The standard InChI is InChI=1S/C28H34N2O5SSi/c1-21-10-13-26(31)24(16-21)17-23-11-12-25(27(18-23)35-20-22-8-6-5-7-9-22)30-19-28(32)29(36(30,33)34)14-15-37(2,3)4/h5-13,16,18,31H,14-15,17,19-20H2,1-4H3. The van der Waals surface area contributed by atoms with Crippen LogP contribution < -0.4 is 9.04 Å². The zero-order valence-electron chi connectivity index (χ0n) is 21.8. The lowest BCUT2D eigenvalue weighted by Gasteiger charge is -2.24. The van der Waals surface area contributed by atoms with Crippen molar-refractivity contribution in [2.75, 3.05) is 17.4 Å². The molecule has 1 heterocycles. The Morgan fingerprint density at radius 3 is 2.41 bits per heavy atom. The van der Waals surface area contributed by atoms with Crippen LogP contribution in [-0.4, -0.2) is 44.9 Å². The lowest BCUT2D eigenvalue weighted by molar-refractivity contribution is -0.123. The number of nitrogens with zero attached hydrogens (tertiary/aromatic N) is 2. The first kappa shape index (κ1) is 26.8. The van der Waals surface area contributed by atoms with Gasteiger partial charge in [0, 0.05) is 21.0 Å². The average molecular weight is 539 g/mol. The van der Waals surface area contributed by atoms with Crippen molar-refractivity contribution in [2.45, 2.75) is 45.6 Å². The Kier molecular flexibility index (Phi) is 7.66. The largest absolute Gasteiger partial charge is 0.508 e. The monoisotopic (exact) mass is 538 g/mol. The van der Waals surface area contributed by atoms with Gasteiger partial charge in [-0.05, 0) is 47.9 Å². The molecule has 9 heteroatoms. The van der Waals surface area contributed by atoms with Crippen LogP contribution in [0.4, 0.5) is 5.69 Å². The number of amides is 1. The second kappa shape index (κ2) is 10.6. The van der Waals surface area contributed by atoms with E-state index in [0.717, 1.165) is 30.9 Å². The van der Waals surface area contributed by atoms with E-state index in [-0.39, 0.29) is 25.4 Å². The van der Waals surface area contributed by atoms with Gasteiger partial charge in [-0.3, -0.25) is 4.79 Å². The number of hydrogen-bond donors (Lipinski definition) is 1. The smallest absolute Gasteiger partial charge is 0.329 e. The van der Waals surface area contributed by atoms with E-state index in [1.54, 1.807) is 18.2 Å². The number of benzene rings is 3. The predicted molar refractivity (Wildman–Crippen MR) is 149 cm³/mol. The number of rotatable bonds is 9. The molecule has 1 amide bonds. The molecule has 1 N–H and O–H groups in total. The first-order valence-corrected chi connectivity index (χ1v) is 17.5. The first-order valence-electron chi connectivity index (χ1n) is 12.4. The molecule has 1 saturated heterocycles. The Morgan fingerprint density at radius 2 is 1.70 bits per heavy atom. The van der Waals surface area contributed by atoms with Crippen LogP contribution in [0.5, 0.6) is 11.5 Å². The maximum Gasteiger partial charge on any atom is 0.329 e. The van der Waals surface area contributed by atoms with Crippen molar-refractivity contribution in [3.63, 3.8) is 0 Å². The minimum absolute atomic E-state index is 0.193. The van der Waals surface area contributed by atoms with Crippen LogP contribution in [0.25, 0.3) is 0 Å². The van der Waals surface area contributed by atoms with Gasteiger partial charge in [0.1, 0.15) is 24.7 Å². The predicted octanol–water partition coefficient (Wildman–Crippen LogP) is 5.10. The molecule has 196 valence electrons. The van der Waals surface area contributed by atoms with Gasteiger partial charge in [0.15, 0.2) is 0 Å². The highest BCUT2D eigenvalue weighted by atomic mass is 32.2. The zero-order chi connectivity index (χ0) is 26.8. The fraction of sp³-hybridized carbons (Fsp3) is 0.321. The topological polar surface area (TPSA) is 87.2 Å². The van der Waals surface area contributed by atoms with Crippen LogP contribution in [0.15, 0.2) is 66.7 Å². The van der Waals surface area contributed by atoms with E-state index >= 15 is 0 Å².